The van der Waals surface area contributed by atoms with E-state index in [0.717, 1.165) is 23.4 Å². The lowest BCUT2D eigenvalue weighted by Crippen LogP contribution is -2.28. The van der Waals surface area contributed by atoms with Crippen LogP contribution in [0.5, 0.6) is 5.75 Å². The van der Waals surface area contributed by atoms with Crippen molar-refractivity contribution in [1.29, 1.82) is 0 Å². The summed E-state index contributed by atoms with van der Waals surface area (Å²) in [6, 6.07) is 15.5. The van der Waals surface area contributed by atoms with Gasteiger partial charge in [0.15, 0.2) is 6.10 Å². The zero-order valence-corrected chi connectivity index (χ0v) is 15.4. The van der Waals surface area contributed by atoms with Crippen LogP contribution in [0.1, 0.15) is 25.0 Å². The van der Waals surface area contributed by atoms with E-state index in [2.05, 4.69) is 0 Å². The van der Waals surface area contributed by atoms with E-state index in [4.69, 9.17) is 19.9 Å². The van der Waals surface area contributed by atoms with E-state index in [1.807, 2.05) is 55.5 Å². The Balaban J connectivity index is 1.84. The number of anilines is 1. The first-order valence-corrected chi connectivity index (χ1v) is 8.96. The van der Waals surface area contributed by atoms with Crippen LogP contribution in [0, 0.1) is 0 Å². The third-order valence-corrected chi connectivity index (χ3v) is 3.90. The molecule has 0 bridgehead atoms. The summed E-state index contributed by atoms with van der Waals surface area (Å²) in [5.41, 5.74) is 8.63. The normalized spacial score (nSPS) is 11.8. The molecule has 1 unspecified atom stereocenters. The van der Waals surface area contributed by atoms with Crippen LogP contribution in [0.3, 0.4) is 0 Å². The number of esters is 1. The van der Waals surface area contributed by atoms with Crippen LogP contribution >= 0.6 is 0 Å². The van der Waals surface area contributed by atoms with Gasteiger partial charge in [0.25, 0.3) is 0 Å². The van der Waals surface area contributed by atoms with Crippen molar-refractivity contribution >= 4 is 11.7 Å². The van der Waals surface area contributed by atoms with E-state index in [9.17, 15) is 4.79 Å². The SMILES string of the molecule is CCOC(=O)C(Cc1ccc(OCCc2ccc(N)cc2)cc1)OCC. The summed E-state index contributed by atoms with van der Waals surface area (Å²) in [7, 11) is 0. The molecule has 0 radical (unpaired) electrons. The molecule has 0 fully saturated rings. The van der Waals surface area contributed by atoms with Gasteiger partial charge >= 0.3 is 5.97 Å². The third-order valence-electron chi connectivity index (χ3n) is 3.90. The van der Waals surface area contributed by atoms with Crippen molar-refractivity contribution in [1.82, 2.24) is 0 Å². The molecule has 2 rings (SSSR count). The van der Waals surface area contributed by atoms with Crippen molar-refractivity contribution in [3.05, 3.63) is 59.7 Å². The van der Waals surface area contributed by atoms with Gasteiger partial charge in [-0.05, 0) is 49.2 Å². The van der Waals surface area contributed by atoms with Gasteiger partial charge in [-0.3, -0.25) is 0 Å². The lowest BCUT2D eigenvalue weighted by atomic mass is 10.1. The highest BCUT2D eigenvalue weighted by molar-refractivity contribution is 5.75. The second kappa shape index (κ2) is 10.5. The molecule has 0 saturated carbocycles. The molecular formula is C21H27NO4. The molecule has 0 heterocycles. The number of nitrogen functional groups attached to an aromatic ring is 1. The van der Waals surface area contributed by atoms with Gasteiger partial charge in [0, 0.05) is 25.1 Å². The van der Waals surface area contributed by atoms with Crippen molar-refractivity contribution in [2.45, 2.75) is 32.8 Å². The molecule has 1 atom stereocenters. The maximum Gasteiger partial charge on any atom is 0.335 e. The second-order valence-corrected chi connectivity index (χ2v) is 5.88. The van der Waals surface area contributed by atoms with Crippen molar-refractivity contribution in [2.75, 3.05) is 25.6 Å². The van der Waals surface area contributed by atoms with E-state index in [0.29, 0.717) is 26.2 Å². The van der Waals surface area contributed by atoms with Crippen LogP contribution < -0.4 is 10.5 Å². The van der Waals surface area contributed by atoms with Crippen LogP contribution in [0.25, 0.3) is 0 Å². The van der Waals surface area contributed by atoms with Crippen LogP contribution in [-0.2, 0) is 27.1 Å². The Bertz CT molecular complexity index is 667. The Hall–Kier alpha value is -2.53. The highest BCUT2D eigenvalue weighted by Crippen LogP contribution is 2.16. The van der Waals surface area contributed by atoms with E-state index in [1.165, 1.54) is 5.56 Å². The number of nitrogens with two attached hydrogens (primary N) is 1. The molecule has 140 valence electrons. The van der Waals surface area contributed by atoms with Gasteiger partial charge in [-0.2, -0.15) is 0 Å². The van der Waals surface area contributed by atoms with Gasteiger partial charge in [-0.1, -0.05) is 24.3 Å². The Morgan fingerprint density at radius 3 is 2.23 bits per heavy atom. The predicted octanol–water partition coefficient (Wildman–Crippen LogP) is 3.40. The highest BCUT2D eigenvalue weighted by atomic mass is 16.6. The number of benzene rings is 2. The predicted molar refractivity (Wildman–Crippen MR) is 102 cm³/mol. The van der Waals surface area contributed by atoms with Crippen LogP contribution in [0.2, 0.25) is 0 Å². The Labute approximate surface area is 155 Å². The molecule has 2 aromatic rings. The summed E-state index contributed by atoms with van der Waals surface area (Å²) in [6.07, 6.45) is 0.729. The van der Waals surface area contributed by atoms with Gasteiger partial charge in [0.2, 0.25) is 0 Å². The van der Waals surface area contributed by atoms with Crippen molar-refractivity contribution in [2.24, 2.45) is 0 Å². The zero-order valence-electron chi connectivity index (χ0n) is 15.4. The Morgan fingerprint density at radius 1 is 0.962 bits per heavy atom. The molecule has 0 aliphatic heterocycles. The van der Waals surface area contributed by atoms with Gasteiger partial charge in [0.05, 0.1) is 13.2 Å². The number of hydrogen-bond acceptors (Lipinski definition) is 5. The molecular weight excluding hydrogens is 330 g/mol. The number of ether oxygens (including phenoxy) is 3. The minimum atomic E-state index is -0.572. The largest absolute Gasteiger partial charge is 0.493 e. The first kappa shape index (κ1) is 19.8. The molecule has 2 N–H and O–H groups in total. The average molecular weight is 357 g/mol. The Morgan fingerprint density at radius 2 is 1.62 bits per heavy atom. The number of carbonyl (C=O) groups is 1. The molecule has 5 heteroatoms. The number of carbonyl (C=O) groups excluding carboxylic acids is 1. The van der Waals surface area contributed by atoms with Gasteiger partial charge < -0.3 is 19.9 Å². The van der Waals surface area contributed by atoms with Crippen LogP contribution in [0.15, 0.2) is 48.5 Å². The van der Waals surface area contributed by atoms with E-state index < -0.39 is 6.10 Å². The molecule has 0 aliphatic carbocycles. The first-order valence-electron chi connectivity index (χ1n) is 8.96. The van der Waals surface area contributed by atoms with Gasteiger partial charge in [-0.25, -0.2) is 4.79 Å². The van der Waals surface area contributed by atoms with Crippen LogP contribution in [0.4, 0.5) is 5.69 Å². The molecule has 0 amide bonds. The summed E-state index contributed by atoms with van der Waals surface area (Å²) >= 11 is 0. The number of hydrogen-bond donors (Lipinski definition) is 1. The standard InChI is InChI=1S/C21H27NO4/c1-3-24-20(21(23)25-4-2)15-17-7-11-19(12-8-17)26-14-13-16-5-9-18(22)10-6-16/h5-12,20H,3-4,13-15,22H2,1-2H3. The molecule has 26 heavy (non-hydrogen) atoms. The number of rotatable bonds is 10. The summed E-state index contributed by atoms with van der Waals surface area (Å²) < 4.78 is 16.3. The lowest BCUT2D eigenvalue weighted by Gasteiger charge is -2.15. The first-order chi connectivity index (χ1) is 12.6. The van der Waals surface area contributed by atoms with Gasteiger partial charge in [-0.15, -0.1) is 0 Å². The fourth-order valence-corrected chi connectivity index (χ4v) is 2.55. The highest BCUT2D eigenvalue weighted by Gasteiger charge is 2.20. The van der Waals surface area contributed by atoms with Crippen molar-refractivity contribution < 1.29 is 19.0 Å². The second-order valence-electron chi connectivity index (χ2n) is 5.88. The minimum absolute atomic E-state index is 0.321. The maximum atomic E-state index is 11.9. The maximum absolute atomic E-state index is 11.9. The monoisotopic (exact) mass is 357 g/mol. The van der Waals surface area contributed by atoms with Crippen LogP contribution in [-0.4, -0.2) is 31.9 Å². The van der Waals surface area contributed by atoms with Crippen molar-refractivity contribution in [3.8, 4) is 5.75 Å². The van der Waals surface area contributed by atoms with Gasteiger partial charge in [0.1, 0.15) is 5.75 Å². The Kier molecular flexibility index (Phi) is 7.96. The van der Waals surface area contributed by atoms with Crippen molar-refractivity contribution in [3.63, 3.8) is 0 Å². The summed E-state index contributed by atoms with van der Waals surface area (Å²) in [6.45, 7) is 5.06. The van der Waals surface area contributed by atoms with E-state index in [1.54, 1.807) is 6.92 Å². The average Bonchev–Trinajstić information content (AvgIpc) is 2.64. The zero-order chi connectivity index (χ0) is 18.8. The lowest BCUT2D eigenvalue weighted by molar-refractivity contribution is -0.156. The fourth-order valence-electron chi connectivity index (χ4n) is 2.55. The molecule has 5 nitrogen and oxygen atoms in total. The van der Waals surface area contributed by atoms with E-state index in [-0.39, 0.29) is 5.97 Å². The topological polar surface area (TPSA) is 70.8 Å². The molecule has 0 spiro atoms. The quantitative estimate of drug-likeness (QED) is 0.521. The minimum Gasteiger partial charge on any atom is -0.493 e. The molecule has 2 aromatic carbocycles. The summed E-state index contributed by atoms with van der Waals surface area (Å²) in [4.78, 5) is 11.9. The summed E-state index contributed by atoms with van der Waals surface area (Å²) in [5.74, 6) is 0.478. The molecule has 0 aliphatic rings. The van der Waals surface area contributed by atoms with E-state index >= 15 is 0 Å². The smallest absolute Gasteiger partial charge is 0.335 e. The fraction of sp³-hybridized carbons (Fsp3) is 0.381. The molecule has 0 saturated heterocycles. The summed E-state index contributed by atoms with van der Waals surface area (Å²) in [5, 5.41) is 0. The molecule has 0 aromatic heterocycles. The third kappa shape index (κ3) is 6.41.